The van der Waals surface area contributed by atoms with Gasteiger partial charge in [0.15, 0.2) is 0 Å². The van der Waals surface area contributed by atoms with Crippen molar-refractivity contribution in [2.75, 3.05) is 58.2 Å². The van der Waals surface area contributed by atoms with Gasteiger partial charge in [0.25, 0.3) is 17.7 Å². The normalized spacial score (nSPS) is 17.7. The Labute approximate surface area is 306 Å². The number of urea groups is 1. The third-order valence-electron chi connectivity index (χ3n) is 9.65. The molecule has 1 saturated carbocycles. The fourth-order valence-electron chi connectivity index (χ4n) is 6.29. The van der Waals surface area contributed by atoms with E-state index >= 15 is 0 Å². The summed E-state index contributed by atoms with van der Waals surface area (Å²) in [4.78, 5) is 104. The maximum atomic E-state index is 13.6. The molecule has 1 aliphatic carbocycles. The van der Waals surface area contributed by atoms with E-state index < -0.39 is 53.4 Å². The quantitative estimate of drug-likeness (QED) is 0.0522. The zero-order chi connectivity index (χ0) is 38.5. The van der Waals surface area contributed by atoms with Crippen LogP contribution in [0.4, 0.5) is 15.3 Å². The Morgan fingerprint density at radius 2 is 1.51 bits per heavy atom. The molecule has 1 saturated heterocycles. The van der Waals surface area contributed by atoms with Crippen LogP contribution in [0.3, 0.4) is 0 Å². The zero-order valence-corrected chi connectivity index (χ0v) is 29.8. The van der Waals surface area contributed by atoms with E-state index in [2.05, 4.69) is 26.2 Å². The molecule has 0 bridgehead atoms. The van der Waals surface area contributed by atoms with Crippen molar-refractivity contribution < 1.29 is 48.2 Å². The molecular formula is C35H48N8O10. The van der Waals surface area contributed by atoms with E-state index in [4.69, 9.17) is 10.5 Å². The number of anilines is 1. The lowest BCUT2D eigenvalue weighted by atomic mass is 9.67. The van der Waals surface area contributed by atoms with Crippen molar-refractivity contribution in [1.82, 2.24) is 30.7 Å². The molecule has 2 unspecified atom stereocenters. The Morgan fingerprint density at radius 1 is 0.868 bits per heavy atom. The number of nitrogens with zero attached hydrogens (tertiary/aromatic N) is 3. The summed E-state index contributed by atoms with van der Waals surface area (Å²) in [7, 11) is 1.92. The highest BCUT2D eigenvalue weighted by Gasteiger charge is 2.51. The number of ether oxygens (including phenoxy) is 1. The number of nitrogens with two attached hydrogens (primary N) is 1. The zero-order valence-electron chi connectivity index (χ0n) is 29.8. The first-order chi connectivity index (χ1) is 25.3. The van der Waals surface area contributed by atoms with Crippen LogP contribution in [0.15, 0.2) is 36.4 Å². The molecule has 1 aromatic rings. The summed E-state index contributed by atoms with van der Waals surface area (Å²) in [5, 5.41) is 20.0. The van der Waals surface area contributed by atoms with Gasteiger partial charge in [-0.2, -0.15) is 0 Å². The van der Waals surface area contributed by atoms with Crippen LogP contribution < -0.4 is 27.0 Å². The van der Waals surface area contributed by atoms with Gasteiger partial charge in [0.1, 0.15) is 11.5 Å². The van der Waals surface area contributed by atoms with Crippen LogP contribution in [0.1, 0.15) is 63.0 Å². The van der Waals surface area contributed by atoms with E-state index in [1.165, 1.54) is 36.4 Å². The van der Waals surface area contributed by atoms with E-state index in [1.54, 1.807) is 4.90 Å². The Morgan fingerprint density at radius 3 is 2.09 bits per heavy atom. The lowest BCUT2D eigenvalue weighted by Crippen LogP contribution is -2.58. The average Bonchev–Trinajstić information content (AvgIpc) is 3.42. The third kappa shape index (κ3) is 11.0. The number of benzene rings is 1. The summed E-state index contributed by atoms with van der Waals surface area (Å²) in [5.74, 6) is -2.84. The van der Waals surface area contributed by atoms with Crippen LogP contribution in [0.2, 0.25) is 0 Å². The van der Waals surface area contributed by atoms with Crippen molar-refractivity contribution in [2.24, 2.45) is 11.1 Å². The van der Waals surface area contributed by atoms with E-state index in [9.17, 15) is 43.5 Å². The first kappa shape index (κ1) is 40.3. The van der Waals surface area contributed by atoms with Crippen molar-refractivity contribution in [1.29, 1.82) is 0 Å². The molecule has 0 aromatic heterocycles. The second-order valence-electron chi connectivity index (χ2n) is 13.4. The average molecular weight is 741 g/mol. The van der Waals surface area contributed by atoms with Gasteiger partial charge in [-0.1, -0.05) is 18.6 Å². The van der Waals surface area contributed by atoms with E-state index in [-0.39, 0.29) is 49.9 Å². The molecule has 2 fully saturated rings. The Balaban J connectivity index is 1.35. The predicted octanol–water partition coefficient (Wildman–Crippen LogP) is 0.450. The van der Waals surface area contributed by atoms with E-state index in [1.807, 2.05) is 7.05 Å². The van der Waals surface area contributed by atoms with Gasteiger partial charge in [-0.3, -0.25) is 33.7 Å². The highest BCUT2D eigenvalue weighted by molar-refractivity contribution is 6.12. The molecule has 53 heavy (non-hydrogen) atoms. The number of primary amides is 1. The van der Waals surface area contributed by atoms with Gasteiger partial charge in [-0.25, -0.2) is 9.59 Å². The molecule has 1 aromatic carbocycles. The number of likely N-dealkylation sites (N-methyl/N-ethyl adjacent to an activating group) is 1. The van der Waals surface area contributed by atoms with Crippen LogP contribution in [-0.4, -0.2) is 126 Å². The first-order valence-electron chi connectivity index (χ1n) is 17.7. The fourth-order valence-corrected chi connectivity index (χ4v) is 6.29. The molecule has 2 aliphatic heterocycles. The van der Waals surface area contributed by atoms with Crippen molar-refractivity contribution in [3.8, 4) is 0 Å². The number of piperazine rings is 1. The molecule has 4 rings (SSSR count). The highest BCUT2D eigenvalue weighted by atomic mass is 16.7. The van der Waals surface area contributed by atoms with Gasteiger partial charge in [0, 0.05) is 69.2 Å². The smallest absolute Gasteiger partial charge is 0.450 e. The first-order valence-corrected chi connectivity index (χ1v) is 17.7. The molecular weight excluding hydrogens is 692 g/mol. The van der Waals surface area contributed by atoms with Crippen molar-refractivity contribution in [3.05, 3.63) is 42.0 Å². The number of imide groups is 1. The Hall–Kier alpha value is -5.52. The molecule has 18 nitrogen and oxygen atoms in total. The van der Waals surface area contributed by atoms with Gasteiger partial charge in [-0.05, 0) is 64.1 Å². The van der Waals surface area contributed by atoms with Gasteiger partial charge in [0.05, 0.1) is 0 Å². The third-order valence-corrected chi connectivity index (χ3v) is 9.65. The van der Waals surface area contributed by atoms with Crippen LogP contribution in [0.5, 0.6) is 0 Å². The summed E-state index contributed by atoms with van der Waals surface area (Å²) in [6.45, 7) is 2.80. The lowest BCUT2D eigenvalue weighted by Gasteiger charge is -2.39. The second kappa shape index (κ2) is 18.8. The van der Waals surface area contributed by atoms with Crippen molar-refractivity contribution >= 4 is 53.3 Å². The van der Waals surface area contributed by atoms with Gasteiger partial charge >= 0.3 is 12.2 Å². The molecule has 3 aliphatic rings. The fraction of sp³-hybridized carbons (Fsp3) is 0.543. The minimum atomic E-state index is -1.61. The lowest BCUT2D eigenvalue weighted by molar-refractivity contribution is -0.151. The molecule has 7 N–H and O–H groups in total. The molecule has 2 heterocycles. The maximum absolute atomic E-state index is 13.6. The summed E-state index contributed by atoms with van der Waals surface area (Å²) in [5.41, 5.74) is 4.36. The molecule has 8 amide bonds. The molecule has 0 spiro atoms. The number of hydrogen-bond acceptors (Lipinski definition) is 10. The number of unbranched alkanes of at least 4 members (excludes halogenated alkanes) is 2. The number of amides is 8. The van der Waals surface area contributed by atoms with Crippen LogP contribution >= 0.6 is 0 Å². The van der Waals surface area contributed by atoms with Crippen molar-refractivity contribution in [3.63, 3.8) is 0 Å². The van der Waals surface area contributed by atoms with Gasteiger partial charge < -0.3 is 46.6 Å². The summed E-state index contributed by atoms with van der Waals surface area (Å²) < 4.78 is 4.97. The molecule has 18 heteroatoms. The topological polar surface area (TPSA) is 250 Å². The highest BCUT2D eigenvalue weighted by Crippen LogP contribution is 2.41. The predicted molar refractivity (Wildman–Crippen MR) is 189 cm³/mol. The number of nitrogens with one attached hydrogen (secondary N) is 4. The Bertz CT molecular complexity index is 1550. The summed E-state index contributed by atoms with van der Waals surface area (Å²) in [6, 6.07) is 4.06. The standard InChI is InChI=1S/C35H48N8O10/c1-41-19-21-42(22-20-41)30(47)28(53-34(51)52)23-8-10-24(11-9-23)39-29(46)25(7-5-17-38-33(36)50)40-32(49)35(14-6-15-35)31(48)37-16-3-2-4-18-43-26(44)12-13-27(43)45/h8-13,25,28H,2-7,14-22H2,1H3,(H,37,48)(H,39,46)(H,40,49)(H,51,52)(H3,36,38,50). The van der Waals surface area contributed by atoms with E-state index in [0.29, 0.717) is 70.4 Å². The SMILES string of the molecule is CN1CCN(C(=O)C(OC(=O)O)c2ccc(NC(=O)C(CCCNC(N)=O)NC(=O)C3(C(=O)NCCCCCN4C(=O)C=CC4=O)CCC3)cc2)CC1. The monoisotopic (exact) mass is 740 g/mol. The summed E-state index contributed by atoms with van der Waals surface area (Å²) in [6.07, 6.45) is 2.81. The minimum Gasteiger partial charge on any atom is -0.450 e. The van der Waals surface area contributed by atoms with Gasteiger partial charge in [0.2, 0.25) is 23.8 Å². The van der Waals surface area contributed by atoms with Crippen LogP contribution in [0, 0.1) is 5.41 Å². The van der Waals surface area contributed by atoms with Crippen LogP contribution in [0.25, 0.3) is 0 Å². The second-order valence-corrected chi connectivity index (χ2v) is 13.4. The molecule has 2 atom stereocenters. The number of rotatable bonds is 18. The number of hydrogen-bond donors (Lipinski definition) is 6. The number of carbonyl (C=O) groups is 8. The van der Waals surface area contributed by atoms with E-state index in [0.717, 1.165) is 4.90 Å². The number of carbonyl (C=O) groups excluding carboxylic acids is 7. The van der Waals surface area contributed by atoms with Crippen LogP contribution in [-0.2, 0) is 33.5 Å². The summed E-state index contributed by atoms with van der Waals surface area (Å²) >= 11 is 0. The number of carboxylic acid groups (broad SMARTS) is 1. The minimum absolute atomic E-state index is 0.0965. The van der Waals surface area contributed by atoms with Crippen molar-refractivity contribution in [2.45, 2.75) is 63.5 Å². The van der Waals surface area contributed by atoms with Gasteiger partial charge in [-0.15, -0.1) is 0 Å². The Kier molecular flexibility index (Phi) is 14.3. The molecule has 0 radical (unpaired) electrons. The maximum Gasteiger partial charge on any atom is 0.506 e. The largest absolute Gasteiger partial charge is 0.506 e. The molecule has 288 valence electrons.